The molecule has 0 aromatic heterocycles. The number of carbonyl (C=O) groups excluding carboxylic acids is 1. The molecule has 0 radical (unpaired) electrons. The summed E-state index contributed by atoms with van der Waals surface area (Å²) in [5, 5.41) is 6.91. The first kappa shape index (κ1) is 17.7. The SMILES string of the molecule is CC(C(=O)NC1CC2CCC(C1)N2)N1CCN(c2ccc(F)cc2)CC1. The van der Waals surface area contributed by atoms with Crippen molar-refractivity contribution in [1.29, 1.82) is 0 Å². The molecular weight excluding hydrogens is 331 g/mol. The third-order valence-electron chi connectivity index (χ3n) is 6.25. The molecule has 1 amide bonds. The lowest BCUT2D eigenvalue weighted by Crippen LogP contribution is -2.56. The minimum Gasteiger partial charge on any atom is -0.369 e. The molecule has 3 fully saturated rings. The number of piperidine rings is 1. The number of nitrogens with one attached hydrogen (secondary N) is 2. The molecule has 5 nitrogen and oxygen atoms in total. The highest BCUT2D eigenvalue weighted by molar-refractivity contribution is 5.81. The second-order valence-electron chi connectivity index (χ2n) is 7.99. The summed E-state index contributed by atoms with van der Waals surface area (Å²) >= 11 is 0. The maximum Gasteiger partial charge on any atom is 0.237 e. The molecule has 2 bridgehead atoms. The van der Waals surface area contributed by atoms with Gasteiger partial charge in [-0.05, 0) is 56.9 Å². The van der Waals surface area contributed by atoms with Crippen LogP contribution in [0.4, 0.5) is 10.1 Å². The summed E-state index contributed by atoms with van der Waals surface area (Å²) in [6.45, 7) is 5.44. The largest absolute Gasteiger partial charge is 0.369 e. The number of nitrogens with zero attached hydrogens (tertiary/aromatic N) is 2. The standard InChI is InChI=1S/C20H29FN4O/c1-14(20(26)23-18-12-16-4-5-17(13-18)22-16)24-8-10-25(11-9-24)19-6-2-15(21)3-7-19/h2-3,6-7,14,16-18,22H,4-5,8-13H2,1H3,(H,23,26). The van der Waals surface area contributed by atoms with E-state index in [1.165, 1.54) is 25.0 Å². The summed E-state index contributed by atoms with van der Waals surface area (Å²) in [4.78, 5) is 17.2. The lowest BCUT2D eigenvalue weighted by atomic mass is 9.99. The number of amides is 1. The Balaban J connectivity index is 1.27. The molecule has 3 saturated heterocycles. The topological polar surface area (TPSA) is 47.6 Å². The van der Waals surface area contributed by atoms with Gasteiger partial charge in [-0.2, -0.15) is 0 Å². The van der Waals surface area contributed by atoms with Crippen LogP contribution >= 0.6 is 0 Å². The predicted molar refractivity (Wildman–Crippen MR) is 101 cm³/mol. The number of piperazine rings is 1. The lowest BCUT2D eigenvalue weighted by molar-refractivity contribution is -0.127. The van der Waals surface area contributed by atoms with Gasteiger partial charge >= 0.3 is 0 Å². The molecule has 0 spiro atoms. The first-order valence-corrected chi connectivity index (χ1v) is 9.89. The van der Waals surface area contributed by atoms with E-state index in [2.05, 4.69) is 20.4 Å². The van der Waals surface area contributed by atoms with Crippen LogP contribution in [0.3, 0.4) is 0 Å². The van der Waals surface area contributed by atoms with E-state index in [1.54, 1.807) is 0 Å². The van der Waals surface area contributed by atoms with E-state index in [4.69, 9.17) is 0 Å². The number of rotatable bonds is 4. The van der Waals surface area contributed by atoms with E-state index in [-0.39, 0.29) is 17.8 Å². The van der Waals surface area contributed by atoms with Crippen LogP contribution in [0.1, 0.15) is 32.6 Å². The lowest BCUT2D eigenvalue weighted by Gasteiger charge is -2.39. The molecule has 1 aromatic rings. The summed E-state index contributed by atoms with van der Waals surface area (Å²) in [5.41, 5.74) is 1.05. The van der Waals surface area contributed by atoms with Crippen LogP contribution in [0.25, 0.3) is 0 Å². The van der Waals surface area contributed by atoms with Crippen molar-refractivity contribution >= 4 is 11.6 Å². The number of carbonyl (C=O) groups is 1. The van der Waals surface area contributed by atoms with Gasteiger partial charge in [-0.1, -0.05) is 0 Å². The van der Waals surface area contributed by atoms with Crippen LogP contribution in [0, 0.1) is 5.82 Å². The zero-order valence-electron chi connectivity index (χ0n) is 15.5. The van der Waals surface area contributed by atoms with Crippen molar-refractivity contribution in [3.05, 3.63) is 30.1 Å². The van der Waals surface area contributed by atoms with Crippen LogP contribution in [0.15, 0.2) is 24.3 Å². The molecule has 1 aromatic carbocycles. The average Bonchev–Trinajstić information content (AvgIpc) is 3.00. The van der Waals surface area contributed by atoms with Gasteiger partial charge in [-0.3, -0.25) is 9.69 Å². The molecule has 0 saturated carbocycles. The normalized spacial score (nSPS) is 30.2. The second-order valence-corrected chi connectivity index (χ2v) is 7.99. The Bertz CT molecular complexity index is 617. The Labute approximate surface area is 154 Å². The van der Waals surface area contributed by atoms with Gasteiger partial charge in [0.05, 0.1) is 6.04 Å². The van der Waals surface area contributed by atoms with Gasteiger partial charge in [0, 0.05) is 50.0 Å². The van der Waals surface area contributed by atoms with E-state index in [0.717, 1.165) is 44.7 Å². The molecule has 3 unspecified atom stereocenters. The molecule has 3 aliphatic rings. The quantitative estimate of drug-likeness (QED) is 0.859. The highest BCUT2D eigenvalue weighted by Gasteiger charge is 2.35. The smallest absolute Gasteiger partial charge is 0.237 e. The number of benzene rings is 1. The Kier molecular flexibility index (Phi) is 5.14. The highest BCUT2D eigenvalue weighted by atomic mass is 19.1. The Morgan fingerprint density at radius 2 is 1.73 bits per heavy atom. The number of hydrogen-bond acceptors (Lipinski definition) is 4. The monoisotopic (exact) mass is 360 g/mol. The molecule has 142 valence electrons. The number of anilines is 1. The van der Waals surface area contributed by atoms with Gasteiger partial charge in [0.1, 0.15) is 5.82 Å². The first-order chi connectivity index (χ1) is 12.6. The van der Waals surface area contributed by atoms with E-state index >= 15 is 0 Å². The summed E-state index contributed by atoms with van der Waals surface area (Å²) in [6, 6.07) is 8.07. The van der Waals surface area contributed by atoms with Gasteiger partial charge in [0.2, 0.25) is 5.91 Å². The van der Waals surface area contributed by atoms with Gasteiger partial charge < -0.3 is 15.5 Å². The van der Waals surface area contributed by atoms with Crippen LogP contribution in [0.5, 0.6) is 0 Å². The Morgan fingerprint density at radius 3 is 2.35 bits per heavy atom. The van der Waals surface area contributed by atoms with Crippen LogP contribution in [0.2, 0.25) is 0 Å². The molecule has 3 heterocycles. The average molecular weight is 360 g/mol. The summed E-state index contributed by atoms with van der Waals surface area (Å²) in [6.07, 6.45) is 4.62. The van der Waals surface area contributed by atoms with Crippen molar-refractivity contribution in [1.82, 2.24) is 15.5 Å². The Hall–Kier alpha value is -1.66. The maximum absolute atomic E-state index is 13.1. The van der Waals surface area contributed by atoms with Crippen molar-refractivity contribution in [2.75, 3.05) is 31.1 Å². The van der Waals surface area contributed by atoms with Gasteiger partial charge in [0.25, 0.3) is 0 Å². The van der Waals surface area contributed by atoms with E-state index in [9.17, 15) is 9.18 Å². The fourth-order valence-electron chi connectivity index (χ4n) is 4.68. The van der Waals surface area contributed by atoms with E-state index in [1.807, 2.05) is 19.1 Å². The summed E-state index contributed by atoms with van der Waals surface area (Å²) in [5.74, 6) is -0.0458. The third-order valence-corrected chi connectivity index (χ3v) is 6.25. The van der Waals surface area contributed by atoms with Gasteiger partial charge in [0.15, 0.2) is 0 Å². The molecule has 0 aliphatic carbocycles. The third kappa shape index (κ3) is 3.86. The number of halogens is 1. The second kappa shape index (κ2) is 7.53. The minimum atomic E-state index is -0.205. The molecule has 26 heavy (non-hydrogen) atoms. The van der Waals surface area contributed by atoms with Crippen molar-refractivity contribution in [2.45, 2.75) is 56.8 Å². The van der Waals surface area contributed by atoms with E-state index in [0.29, 0.717) is 18.1 Å². The van der Waals surface area contributed by atoms with Crippen molar-refractivity contribution in [3.63, 3.8) is 0 Å². The van der Waals surface area contributed by atoms with Crippen molar-refractivity contribution < 1.29 is 9.18 Å². The molecule has 3 atom stereocenters. The number of fused-ring (bicyclic) bond motifs is 2. The zero-order valence-corrected chi connectivity index (χ0v) is 15.5. The van der Waals surface area contributed by atoms with Gasteiger partial charge in [-0.15, -0.1) is 0 Å². The van der Waals surface area contributed by atoms with Crippen molar-refractivity contribution in [2.24, 2.45) is 0 Å². The van der Waals surface area contributed by atoms with Crippen LogP contribution in [-0.4, -0.2) is 61.2 Å². The van der Waals surface area contributed by atoms with E-state index < -0.39 is 0 Å². The highest BCUT2D eigenvalue weighted by Crippen LogP contribution is 2.27. The fourth-order valence-corrected chi connectivity index (χ4v) is 4.68. The predicted octanol–water partition coefficient (Wildman–Crippen LogP) is 1.74. The summed E-state index contributed by atoms with van der Waals surface area (Å²) in [7, 11) is 0. The Morgan fingerprint density at radius 1 is 1.12 bits per heavy atom. The maximum atomic E-state index is 13.1. The minimum absolute atomic E-state index is 0.0992. The fraction of sp³-hybridized carbons (Fsp3) is 0.650. The number of hydrogen-bond donors (Lipinski definition) is 2. The zero-order chi connectivity index (χ0) is 18.1. The molecular formula is C20H29FN4O. The first-order valence-electron chi connectivity index (χ1n) is 9.89. The molecule has 2 N–H and O–H groups in total. The van der Waals surface area contributed by atoms with Gasteiger partial charge in [-0.25, -0.2) is 4.39 Å². The molecule has 3 aliphatic heterocycles. The molecule has 6 heteroatoms. The summed E-state index contributed by atoms with van der Waals surface area (Å²) < 4.78 is 13.1. The van der Waals surface area contributed by atoms with Crippen LogP contribution < -0.4 is 15.5 Å². The van der Waals surface area contributed by atoms with Crippen molar-refractivity contribution in [3.8, 4) is 0 Å². The molecule has 4 rings (SSSR count). The van der Waals surface area contributed by atoms with Crippen LogP contribution in [-0.2, 0) is 4.79 Å².